The van der Waals surface area contributed by atoms with Gasteiger partial charge in [0.1, 0.15) is 24.1 Å². The van der Waals surface area contributed by atoms with Crippen molar-refractivity contribution in [3.05, 3.63) is 84.5 Å². The highest BCUT2D eigenvalue weighted by Crippen LogP contribution is 2.62. The van der Waals surface area contributed by atoms with Crippen molar-refractivity contribution in [2.45, 2.75) is 133 Å². The van der Waals surface area contributed by atoms with Crippen molar-refractivity contribution < 1.29 is 48.3 Å². The summed E-state index contributed by atoms with van der Waals surface area (Å²) in [4.78, 5) is 23.6. The quantitative estimate of drug-likeness (QED) is 0.0670. The van der Waals surface area contributed by atoms with E-state index in [-0.39, 0.29) is 56.8 Å². The van der Waals surface area contributed by atoms with E-state index in [1.165, 1.54) is 12.8 Å². The number of carbonyl (C=O) groups is 1. The van der Waals surface area contributed by atoms with Crippen molar-refractivity contribution in [1.29, 1.82) is 0 Å². The van der Waals surface area contributed by atoms with Crippen LogP contribution >= 0.6 is 0 Å². The van der Waals surface area contributed by atoms with E-state index >= 15 is 4.79 Å². The Hall–Kier alpha value is -4.36. The Morgan fingerprint density at radius 1 is 0.889 bits per heavy atom. The van der Waals surface area contributed by atoms with Gasteiger partial charge in [0.15, 0.2) is 11.5 Å². The molecule has 7 atom stereocenters. The number of aliphatic hydroxyl groups excluding tert-OH is 2. The third kappa shape index (κ3) is 10.1. The van der Waals surface area contributed by atoms with E-state index in [9.17, 15) is 10.2 Å². The first kappa shape index (κ1) is 45.2. The van der Waals surface area contributed by atoms with Crippen LogP contribution in [0.2, 0.25) is 0 Å². The molecule has 3 aliphatic heterocycles. The Kier molecular flexibility index (Phi) is 15.5. The second kappa shape index (κ2) is 21.5. The third-order valence-electron chi connectivity index (χ3n) is 14.2. The Morgan fingerprint density at radius 3 is 2.44 bits per heavy atom. The fourth-order valence-corrected chi connectivity index (χ4v) is 11.2. The van der Waals surface area contributed by atoms with Gasteiger partial charge in [0.25, 0.3) is 0 Å². The molecule has 2 aromatic carbocycles. The van der Waals surface area contributed by atoms with Gasteiger partial charge in [-0.3, -0.25) is 4.79 Å². The molecule has 0 radical (unpaired) electrons. The van der Waals surface area contributed by atoms with Crippen LogP contribution in [-0.4, -0.2) is 84.7 Å². The number of aliphatic hydroxyl groups is 2. The first-order chi connectivity index (χ1) is 31.0. The van der Waals surface area contributed by atoms with Crippen molar-refractivity contribution >= 4 is 11.6 Å². The molecule has 0 spiro atoms. The van der Waals surface area contributed by atoms with Crippen LogP contribution in [0.4, 0.5) is 0 Å². The second-order valence-electron chi connectivity index (χ2n) is 18.2. The number of carbonyl (C=O) groups excluding carboxylic acids is 1. The standard InChI is InChI=1S/C51H68N2O10/c1-3-26-57-38-20-22-43-41(31-38)49-39(16-8-11-25-55)37(15-7-10-24-54)30-40-42(52-63-48-17-9-12-28-58-48)32-46(51(62-43,50(40)49)61-27-4-2)53(47(56)23-19-35-13-5-6-14-35)33-36-18-21-44-45(29-36)60-34-59-44/h3-4,18,20-22,29-31,35,37,39,46,48-50,54-55H,1-2,5-17,19,23-28,32-34H2/t37-,39+,46-,48?,49+,50+,51+/m0/s1. The second-order valence-corrected chi connectivity index (χ2v) is 18.2. The first-order valence-corrected chi connectivity index (χ1v) is 23.7. The number of benzene rings is 2. The van der Waals surface area contributed by atoms with E-state index in [1.807, 2.05) is 35.2 Å². The van der Waals surface area contributed by atoms with E-state index in [0.717, 1.165) is 86.6 Å². The summed E-state index contributed by atoms with van der Waals surface area (Å²) in [5.41, 5.74) is 3.67. The number of nitrogens with zero attached hydrogens (tertiary/aromatic N) is 2. The van der Waals surface area contributed by atoms with E-state index in [2.05, 4.69) is 25.3 Å². The number of rotatable bonds is 22. The van der Waals surface area contributed by atoms with Crippen LogP contribution < -0.4 is 18.9 Å². The highest BCUT2D eigenvalue weighted by atomic mass is 16.8. The molecule has 2 aromatic rings. The van der Waals surface area contributed by atoms with Gasteiger partial charge in [-0.15, -0.1) is 6.58 Å². The minimum Gasteiger partial charge on any atom is -0.490 e. The highest BCUT2D eigenvalue weighted by molar-refractivity contribution is 6.03. The summed E-state index contributed by atoms with van der Waals surface area (Å²) in [7, 11) is 0. The largest absolute Gasteiger partial charge is 0.490 e. The molecule has 63 heavy (non-hydrogen) atoms. The van der Waals surface area contributed by atoms with Crippen LogP contribution in [0.1, 0.15) is 120 Å². The summed E-state index contributed by atoms with van der Waals surface area (Å²) in [6, 6.07) is 11.3. The van der Waals surface area contributed by atoms with Crippen LogP contribution in [0.15, 0.2) is 78.5 Å². The first-order valence-electron chi connectivity index (χ1n) is 23.7. The van der Waals surface area contributed by atoms with E-state index in [1.54, 1.807) is 12.2 Å². The van der Waals surface area contributed by atoms with Crippen molar-refractivity contribution in [1.82, 2.24) is 4.90 Å². The molecule has 2 N–H and O–H groups in total. The maximum absolute atomic E-state index is 15.3. The van der Waals surface area contributed by atoms with Gasteiger partial charge < -0.3 is 48.4 Å². The van der Waals surface area contributed by atoms with Crippen molar-refractivity contribution in [2.24, 2.45) is 28.8 Å². The van der Waals surface area contributed by atoms with Crippen LogP contribution in [0.5, 0.6) is 23.0 Å². The van der Waals surface area contributed by atoms with Gasteiger partial charge in [-0.2, -0.15) is 0 Å². The van der Waals surface area contributed by atoms with E-state index in [0.29, 0.717) is 67.8 Å². The summed E-state index contributed by atoms with van der Waals surface area (Å²) in [5.74, 6) is 1.54. The van der Waals surface area contributed by atoms with Crippen LogP contribution in [-0.2, 0) is 25.7 Å². The Balaban J connectivity index is 1.31. The van der Waals surface area contributed by atoms with Crippen LogP contribution in [0, 0.1) is 23.7 Å². The number of oxime groups is 1. The fraction of sp³-hybridized carbons (Fsp3) is 0.608. The van der Waals surface area contributed by atoms with Crippen molar-refractivity contribution in [2.75, 3.05) is 39.8 Å². The van der Waals surface area contributed by atoms with Gasteiger partial charge in [-0.25, -0.2) is 0 Å². The molecular weight excluding hydrogens is 801 g/mol. The fourth-order valence-electron chi connectivity index (χ4n) is 11.2. The molecule has 1 amide bonds. The number of allylic oxidation sites excluding steroid dienone is 1. The molecule has 0 aromatic heterocycles. The lowest BCUT2D eigenvalue weighted by Gasteiger charge is -2.60. The number of fused-ring (bicyclic) bond motifs is 3. The predicted molar refractivity (Wildman–Crippen MR) is 240 cm³/mol. The lowest BCUT2D eigenvalue weighted by Crippen LogP contribution is -2.70. The maximum Gasteiger partial charge on any atom is 0.239 e. The van der Waals surface area contributed by atoms with Crippen molar-refractivity contribution in [3.8, 4) is 23.0 Å². The summed E-state index contributed by atoms with van der Waals surface area (Å²) in [5, 5.41) is 25.0. The minimum absolute atomic E-state index is 0.0331. The number of hydrogen-bond acceptors (Lipinski definition) is 11. The maximum atomic E-state index is 15.3. The van der Waals surface area contributed by atoms with Gasteiger partial charge in [0.2, 0.25) is 24.8 Å². The van der Waals surface area contributed by atoms with Crippen molar-refractivity contribution in [3.63, 3.8) is 0 Å². The molecule has 12 nitrogen and oxygen atoms in total. The highest BCUT2D eigenvalue weighted by Gasteiger charge is 2.65. The molecule has 6 aliphatic rings. The molecule has 342 valence electrons. The van der Waals surface area contributed by atoms with E-state index in [4.69, 9.17) is 38.4 Å². The normalized spacial score (nSPS) is 27.8. The molecule has 2 saturated carbocycles. The van der Waals surface area contributed by atoms with E-state index < -0.39 is 24.0 Å². The molecule has 1 unspecified atom stereocenters. The summed E-state index contributed by atoms with van der Waals surface area (Å²) in [6.07, 6.45) is 19.1. The zero-order valence-electron chi connectivity index (χ0n) is 37.0. The molecule has 3 fully saturated rings. The molecular formula is C51H68N2O10. The molecule has 0 bridgehead atoms. The molecule has 3 heterocycles. The number of unbranched alkanes of at least 4 members (excludes halogenated alkanes) is 2. The van der Waals surface area contributed by atoms with Gasteiger partial charge in [-0.05, 0) is 104 Å². The Morgan fingerprint density at radius 2 is 1.67 bits per heavy atom. The lowest BCUT2D eigenvalue weighted by atomic mass is 9.55. The topological polar surface area (TPSA) is 138 Å². The monoisotopic (exact) mass is 868 g/mol. The smallest absolute Gasteiger partial charge is 0.239 e. The number of ether oxygens (including phenoxy) is 6. The third-order valence-corrected chi connectivity index (χ3v) is 14.2. The van der Waals surface area contributed by atoms with Gasteiger partial charge in [-0.1, -0.05) is 74.6 Å². The van der Waals surface area contributed by atoms with Crippen LogP contribution in [0.25, 0.3) is 0 Å². The zero-order chi connectivity index (χ0) is 43.6. The number of amides is 1. The van der Waals surface area contributed by atoms with Crippen LogP contribution in [0.3, 0.4) is 0 Å². The SMILES string of the molecule is C=CCOc1ccc2c(c1)[C@H]1[C@H](CCCCO)[C@@H](CCCCO)C=C3C(=NOC4CCCCO4)C[C@H](N(Cc4ccc5c(c4)OCO5)C(=O)CCC4CCCC4)[C@@](OCC=C)(O2)[C@H]31. The molecule has 8 rings (SSSR count). The van der Waals surface area contributed by atoms with Gasteiger partial charge >= 0.3 is 0 Å². The minimum atomic E-state index is -1.37. The lowest BCUT2D eigenvalue weighted by molar-refractivity contribution is -0.258. The summed E-state index contributed by atoms with van der Waals surface area (Å²) < 4.78 is 38.5. The number of hydrogen-bond donors (Lipinski definition) is 2. The van der Waals surface area contributed by atoms with Gasteiger partial charge in [0, 0.05) is 50.5 Å². The van der Waals surface area contributed by atoms with Gasteiger partial charge in [0.05, 0.1) is 24.8 Å². The average molecular weight is 869 g/mol. The molecule has 12 heteroatoms. The Labute approximate surface area is 373 Å². The Bertz CT molecular complexity index is 1940. The average Bonchev–Trinajstić information content (AvgIpc) is 4.02. The summed E-state index contributed by atoms with van der Waals surface area (Å²) >= 11 is 0. The predicted octanol–water partition coefficient (Wildman–Crippen LogP) is 9.14. The summed E-state index contributed by atoms with van der Waals surface area (Å²) in [6.45, 7) is 9.82. The zero-order valence-corrected chi connectivity index (χ0v) is 37.0. The molecule has 3 aliphatic carbocycles. The molecule has 1 saturated heterocycles.